The molecule has 0 heterocycles. The maximum atomic E-state index is 12.5. The second kappa shape index (κ2) is 11.6. The number of hydrogen-bond acceptors (Lipinski definition) is 4. The number of nitrogens with one attached hydrogen (secondary N) is 3. The van der Waals surface area contributed by atoms with Gasteiger partial charge in [0, 0.05) is 22.9 Å². The molecular weight excluding hydrogens is 422 g/mol. The predicted molar refractivity (Wildman–Crippen MR) is 132 cm³/mol. The summed E-state index contributed by atoms with van der Waals surface area (Å²) in [6, 6.07) is 14.3. The molecule has 0 unspecified atom stereocenters. The van der Waals surface area contributed by atoms with Gasteiger partial charge in [0.05, 0.1) is 6.61 Å². The van der Waals surface area contributed by atoms with Gasteiger partial charge in [0.1, 0.15) is 5.75 Å². The first kappa shape index (κ1) is 23.7. The molecule has 3 rings (SSSR count). The summed E-state index contributed by atoms with van der Waals surface area (Å²) >= 11 is 5.29. The van der Waals surface area contributed by atoms with Crippen LogP contribution < -0.4 is 20.7 Å². The van der Waals surface area contributed by atoms with Crippen LogP contribution in [-0.2, 0) is 4.79 Å². The van der Waals surface area contributed by atoms with Crippen molar-refractivity contribution in [3.8, 4) is 5.75 Å². The lowest BCUT2D eigenvalue weighted by atomic mass is 9.88. The van der Waals surface area contributed by atoms with E-state index >= 15 is 0 Å². The quantitative estimate of drug-likeness (QED) is 0.492. The molecule has 32 heavy (non-hydrogen) atoms. The van der Waals surface area contributed by atoms with Crippen LogP contribution >= 0.6 is 12.2 Å². The predicted octanol–water partition coefficient (Wildman–Crippen LogP) is 5.37. The van der Waals surface area contributed by atoms with Crippen LogP contribution in [0.5, 0.6) is 5.75 Å². The van der Waals surface area contributed by atoms with E-state index in [1.807, 2.05) is 18.2 Å². The Morgan fingerprint density at radius 1 is 1.00 bits per heavy atom. The molecule has 1 fully saturated rings. The van der Waals surface area contributed by atoms with Gasteiger partial charge in [0.25, 0.3) is 5.91 Å². The third-order valence-electron chi connectivity index (χ3n) is 5.29. The van der Waals surface area contributed by atoms with E-state index in [4.69, 9.17) is 17.0 Å². The van der Waals surface area contributed by atoms with E-state index in [2.05, 4.69) is 29.8 Å². The van der Waals surface area contributed by atoms with Crippen LogP contribution in [0.3, 0.4) is 0 Å². The molecule has 7 heteroatoms. The number of benzene rings is 2. The highest BCUT2D eigenvalue weighted by atomic mass is 32.1. The summed E-state index contributed by atoms with van der Waals surface area (Å²) in [6.45, 7) is 4.78. The van der Waals surface area contributed by atoms with Crippen molar-refractivity contribution < 1.29 is 14.3 Å². The molecule has 1 saturated carbocycles. The zero-order valence-corrected chi connectivity index (χ0v) is 19.5. The smallest absolute Gasteiger partial charge is 0.257 e. The van der Waals surface area contributed by atoms with Crippen molar-refractivity contribution in [2.45, 2.75) is 46.0 Å². The molecule has 1 aliphatic rings. The summed E-state index contributed by atoms with van der Waals surface area (Å²) in [5.41, 5.74) is 1.88. The van der Waals surface area contributed by atoms with Crippen LogP contribution in [0.2, 0.25) is 0 Å². The fraction of sp³-hybridized carbons (Fsp3) is 0.400. The minimum absolute atomic E-state index is 0.0681. The summed E-state index contributed by atoms with van der Waals surface area (Å²) in [6.07, 6.45) is 5.33. The minimum Gasteiger partial charge on any atom is -0.493 e. The molecule has 6 nitrogen and oxygen atoms in total. The first-order valence-corrected chi connectivity index (χ1v) is 11.6. The molecule has 1 aliphatic carbocycles. The molecule has 0 saturated heterocycles. The van der Waals surface area contributed by atoms with Crippen molar-refractivity contribution in [3.05, 3.63) is 54.1 Å². The van der Waals surface area contributed by atoms with Gasteiger partial charge in [-0.25, -0.2) is 0 Å². The lowest BCUT2D eigenvalue weighted by Crippen LogP contribution is -2.34. The lowest BCUT2D eigenvalue weighted by Gasteiger charge is -2.21. The molecule has 0 spiro atoms. The Labute approximate surface area is 195 Å². The fourth-order valence-corrected chi connectivity index (χ4v) is 3.80. The van der Waals surface area contributed by atoms with Gasteiger partial charge in [-0.1, -0.05) is 39.2 Å². The molecule has 0 radical (unpaired) electrons. The van der Waals surface area contributed by atoms with Crippen molar-refractivity contribution in [2.24, 2.45) is 11.8 Å². The molecule has 2 aromatic rings. The molecule has 2 aromatic carbocycles. The van der Waals surface area contributed by atoms with E-state index < -0.39 is 0 Å². The van der Waals surface area contributed by atoms with Crippen molar-refractivity contribution in [3.63, 3.8) is 0 Å². The van der Waals surface area contributed by atoms with E-state index in [1.54, 1.807) is 30.3 Å². The Kier molecular flexibility index (Phi) is 8.62. The van der Waals surface area contributed by atoms with Gasteiger partial charge < -0.3 is 15.4 Å². The van der Waals surface area contributed by atoms with Gasteiger partial charge in [-0.15, -0.1) is 0 Å². The van der Waals surface area contributed by atoms with Crippen LogP contribution in [0.15, 0.2) is 48.5 Å². The van der Waals surface area contributed by atoms with E-state index in [0.717, 1.165) is 31.4 Å². The number of ether oxygens (including phenoxy) is 1. The van der Waals surface area contributed by atoms with E-state index in [0.29, 0.717) is 29.5 Å². The van der Waals surface area contributed by atoms with Gasteiger partial charge in [0.15, 0.2) is 5.11 Å². The Morgan fingerprint density at radius 2 is 1.66 bits per heavy atom. The highest BCUT2D eigenvalue weighted by Crippen LogP contribution is 2.25. The first-order valence-electron chi connectivity index (χ1n) is 11.2. The Balaban J connectivity index is 1.51. The van der Waals surface area contributed by atoms with E-state index in [1.165, 1.54) is 6.42 Å². The molecule has 0 atom stereocenters. The number of carbonyl (C=O) groups is 2. The molecule has 170 valence electrons. The van der Waals surface area contributed by atoms with Crippen molar-refractivity contribution in [1.29, 1.82) is 0 Å². The highest BCUT2D eigenvalue weighted by Gasteiger charge is 2.21. The highest BCUT2D eigenvalue weighted by molar-refractivity contribution is 7.80. The summed E-state index contributed by atoms with van der Waals surface area (Å²) in [5, 5.41) is 8.86. The average molecular weight is 454 g/mol. The third-order valence-corrected chi connectivity index (χ3v) is 5.49. The average Bonchev–Trinajstić information content (AvgIpc) is 2.78. The van der Waals surface area contributed by atoms with Crippen LogP contribution in [-0.4, -0.2) is 23.5 Å². The summed E-state index contributed by atoms with van der Waals surface area (Å²) in [5.74, 6) is 1.00. The van der Waals surface area contributed by atoms with Crippen molar-refractivity contribution in [2.75, 3.05) is 17.2 Å². The van der Waals surface area contributed by atoms with Gasteiger partial charge in [0.2, 0.25) is 5.91 Å². The molecular formula is C25H31N3O3S. The maximum absolute atomic E-state index is 12.5. The maximum Gasteiger partial charge on any atom is 0.257 e. The fourth-order valence-electron chi connectivity index (χ4n) is 3.59. The zero-order valence-electron chi connectivity index (χ0n) is 18.6. The standard InChI is InChI=1S/C25H31N3O3S/c1-17(2)16-31-22-13-11-19(12-14-22)24(30)28-25(32)27-21-10-6-9-20(15-21)26-23(29)18-7-4-3-5-8-18/h6,9-15,17-18H,3-5,7-8,16H2,1-2H3,(H,26,29)(H2,27,28,30,32). The van der Waals surface area contributed by atoms with Gasteiger partial charge >= 0.3 is 0 Å². The Bertz CT molecular complexity index is 938. The Morgan fingerprint density at radius 3 is 2.31 bits per heavy atom. The van der Waals surface area contributed by atoms with Gasteiger partial charge in [-0.05, 0) is 73.4 Å². The summed E-state index contributed by atoms with van der Waals surface area (Å²) in [4.78, 5) is 25.0. The zero-order chi connectivity index (χ0) is 22.9. The summed E-state index contributed by atoms with van der Waals surface area (Å²) < 4.78 is 5.64. The summed E-state index contributed by atoms with van der Waals surface area (Å²) in [7, 11) is 0. The number of anilines is 2. The normalized spacial score (nSPS) is 14.0. The lowest BCUT2D eigenvalue weighted by molar-refractivity contribution is -0.120. The monoisotopic (exact) mass is 453 g/mol. The number of carbonyl (C=O) groups excluding carboxylic acids is 2. The van der Waals surface area contributed by atoms with Crippen LogP contribution in [0.25, 0.3) is 0 Å². The SMILES string of the molecule is CC(C)COc1ccc(C(=O)NC(=S)Nc2cccc(NC(=O)C3CCCCC3)c2)cc1. The molecule has 0 bridgehead atoms. The van der Waals surface area contributed by atoms with E-state index in [9.17, 15) is 9.59 Å². The second-order valence-electron chi connectivity index (χ2n) is 8.54. The van der Waals surface area contributed by atoms with Crippen molar-refractivity contribution >= 4 is 40.5 Å². The second-order valence-corrected chi connectivity index (χ2v) is 8.95. The molecule has 2 amide bonds. The molecule has 3 N–H and O–H groups in total. The molecule has 0 aliphatic heterocycles. The minimum atomic E-state index is -0.306. The van der Waals surface area contributed by atoms with Gasteiger partial charge in [-0.3, -0.25) is 14.9 Å². The number of amides is 2. The number of thiocarbonyl (C=S) groups is 1. The first-order chi connectivity index (χ1) is 15.4. The largest absolute Gasteiger partial charge is 0.493 e. The number of hydrogen-bond donors (Lipinski definition) is 3. The molecule has 0 aromatic heterocycles. The topological polar surface area (TPSA) is 79.5 Å². The van der Waals surface area contributed by atoms with Crippen molar-refractivity contribution in [1.82, 2.24) is 5.32 Å². The van der Waals surface area contributed by atoms with Crippen LogP contribution in [0.1, 0.15) is 56.3 Å². The van der Waals surface area contributed by atoms with Crippen LogP contribution in [0, 0.1) is 11.8 Å². The number of rotatable bonds is 7. The Hall–Kier alpha value is -2.93. The van der Waals surface area contributed by atoms with Gasteiger partial charge in [-0.2, -0.15) is 0 Å². The van der Waals surface area contributed by atoms with E-state index in [-0.39, 0.29) is 22.8 Å². The van der Waals surface area contributed by atoms with Crippen LogP contribution in [0.4, 0.5) is 11.4 Å². The third kappa shape index (κ3) is 7.34.